The summed E-state index contributed by atoms with van der Waals surface area (Å²) in [5.41, 5.74) is 1.36. The van der Waals surface area contributed by atoms with Crippen molar-refractivity contribution in [3.05, 3.63) is 40.8 Å². The van der Waals surface area contributed by atoms with E-state index < -0.39 is 10.1 Å². The van der Waals surface area contributed by atoms with Gasteiger partial charge in [0.25, 0.3) is 10.1 Å². The minimum Gasteiger partial charge on any atom is -0.493 e. The van der Waals surface area contributed by atoms with Crippen LogP contribution in [0, 0.1) is 11.3 Å². The van der Waals surface area contributed by atoms with Crippen LogP contribution in [0.5, 0.6) is 11.5 Å². The highest BCUT2D eigenvalue weighted by Gasteiger charge is 2.24. The summed E-state index contributed by atoms with van der Waals surface area (Å²) in [7, 11) is -0.486. The normalized spacial score (nSPS) is 17.2. The van der Waals surface area contributed by atoms with Gasteiger partial charge in [-0.2, -0.15) is 13.7 Å². The lowest BCUT2D eigenvalue weighted by Gasteiger charge is -2.32. The Bertz CT molecular complexity index is 1330. The minimum atomic E-state index is -3.67. The second-order valence-corrected chi connectivity index (χ2v) is 12.9. The summed E-state index contributed by atoms with van der Waals surface area (Å²) in [5, 5.41) is 10.9. The maximum Gasteiger partial charge on any atom is 0.320 e. The minimum absolute atomic E-state index is 0.00641. The zero-order chi connectivity index (χ0) is 30.5. The molecule has 0 spiro atoms. The van der Waals surface area contributed by atoms with E-state index in [-0.39, 0.29) is 12.1 Å². The van der Waals surface area contributed by atoms with Crippen LogP contribution < -0.4 is 14.4 Å². The Balaban J connectivity index is 0.000000892. The van der Waals surface area contributed by atoms with Gasteiger partial charge in [-0.25, -0.2) is 0 Å². The lowest BCUT2D eigenvalue weighted by atomic mass is 10.1. The maximum absolute atomic E-state index is 12.5. The first-order valence-electron chi connectivity index (χ1n) is 14.1. The van der Waals surface area contributed by atoms with Crippen molar-refractivity contribution in [3.63, 3.8) is 0 Å². The Morgan fingerprint density at radius 1 is 1.02 bits per heavy atom. The van der Waals surface area contributed by atoms with Crippen molar-refractivity contribution in [2.75, 3.05) is 58.1 Å². The van der Waals surface area contributed by atoms with E-state index in [2.05, 4.69) is 21.9 Å². The van der Waals surface area contributed by atoms with E-state index in [1.165, 1.54) is 37.1 Å². The summed E-state index contributed by atoms with van der Waals surface area (Å²) in [4.78, 5) is 18.1. The zero-order valence-electron chi connectivity index (χ0n) is 24.6. The smallest absolute Gasteiger partial charge is 0.320 e. The molecule has 2 aliphatic heterocycles. The van der Waals surface area contributed by atoms with Gasteiger partial charge in [0.15, 0.2) is 11.5 Å². The molecule has 1 N–H and O–H groups in total. The molecule has 230 valence electrons. The van der Waals surface area contributed by atoms with Crippen LogP contribution in [0.15, 0.2) is 30.3 Å². The fourth-order valence-electron chi connectivity index (χ4n) is 4.99. The fraction of sp³-hybridized carbons (Fsp3) is 0.533. The molecule has 0 saturated carbocycles. The molecular weight excluding hydrogens is 578 g/mol. The molecule has 0 bridgehead atoms. The van der Waals surface area contributed by atoms with Gasteiger partial charge in [-0.15, -0.1) is 11.3 Å². The van der Waals surface area contributed by atoms with Crippen molar-refractivity contribution < 1.29 is 32.0 Å². The predicted octanol–water partition coefficient (Wildman–Crippen LogP) is 5.11. The van der Waals surface area contributed by atoms with Crippen molar-refractivity contribution in [3.8, 4) is 17.6 Å². The van der Waals surface area contributed by atoms with E-state index in [1.807, 2.05) is 30.3 Å². The molecule has 0 amide bonds. The van der Waals surface area contributed by atoms with Crippen LogP contribution in [-0.2, 0) is 19.6 Å². The second kappa shape index (κ2) is 16.5. The molecule has 42 heavy (non-hydrogen) atoms. The molecule has 0 radical (unpaired) electrons. The van der Waals surface area contributed by atoms with Gasteiger partial charge in [0.2, 0.25) is 0 Å². The van der Waals surface area contributed by atoms with Crippen LogP contribution in [0.2, 0.25) is 0 Å². The van der Waals surface area contributed by atoms with Gasteiger partial charge in [-0.3, -0.25) is 14.2 Å². The first-order chi connectivity index (χ1) is 20.1. The molecule has 2 fully saturated rings. The van der Waals surface area contributed by atoms with Gasteiger partial charge >= 0.3 is 5.97 Å². The predicted molar refractivity (Wildman–Crippen MR) is 166 cm³/mol. The monoisotopic (exact) mass is 619 g/mol. The molecule has 4 rings (SSSR count). The first kappa shape index (κ1) is 33.4. The average molecular weight is 620 g/mol. The number of hydrogen-bond acceptors (Lipinski definition) is 10. The largest absolute Gasteiger partial charge is 0.493 e. The number of benzene rings is 1. The highest BCUT2D eigenvalue weighted by molar-refractivity contribution is 7.85. The van der Waals surface area contributed by atoms with E-state index in [9.17, 15) is 18.5 Å². The number of carbonyl (C=O) groups is 1. The molecule has 1 aromatic carbocycles. The zero-order valence-corrected chi connectivity index (χ0v) is 26.2. The summed E-state index contributed by atoms with van der Waals surface area (Å²) in [6, 6.07) is 12.0. The SMILES string of the molecule is COc1ccc(/C(C#N)=C/c2ccc(N3CCC(OC(=O)CN4CCCCCCC4)CC3)s2)cc1OC.CS(=O)(=O)O. The molecule has 12 heteroatoms. The van der Waals surface area contributed by atoms with E-state index in [0.29, 0.717) is 29.9 Å². The summed E-state index contributed by atoms with van der Waals surface area (Å²) >= 11 is 1.67. The number of carbonyl (C=O) groups excluding carboxylic acids is 1. The number of hydrogen-bond donors (Lipinski definition) is 1. The van der Waals surface area contributed by atoms with Crippen molar-refractivity contribution >= 4 is 44.1 Å². The number of ether oxygens (including phenoxy) is 3. The summed E-state index contributed by atoms with van der Waals surface area (Å²) < 4.78 is 42.4. The Labute approximate surface area is 253 Å². The third kappa shape index (κ3) is 11.3. The van der Waals surface area contributed by atoms with E-state index in [4.69, 9.17) is 18.8 Å². The van der Waals surface area contributed by atoms with E-state index in [0.717, 1.165) is 49.5 Å². The first-order valence-corrected chi connectivity index (χ1v) is 16.8. The quantitative estimate of drug-likeness (QED) is 0.242. The molecule has 0 atom stereocenters. The van der Waals surface area contributed by atoms with Gasteiger partial charge in [0.1, 0.15) is 6.10 Å². The van der Waals surface area contributed by atoms with Gasteiger partial charge in [-0.05, 0) is 67.9 Å². The van der Waals surface area contributed by atoms with Gasteiger partial charge in [0, 0.05) is 30.8 Å². The fourth-order valence-corrected chi connectivity index (χ4v) is 5.99. The van der Waals surface area contributed by atoms with Crippen molar-refractivity contribution in [1.29, 1.82) is 5.26 Å². The number of piperidine rings is 1. The van der Waals surface area contributed by atoms with Crippen LogP contribution in [0.3, 0.4) is 0 Å². The number of nitrogens with zero attached hydrogens (tertiary/aromatic N) is 3. The molecule has 2 aromatic rings. The van der Waals surface area contributed by atoms with Gasteiger partial charge in [0.05, 0.1) is 43.7 Å². The van der Waals surface area contributed by atoms with E-state index >= 15 is 0 Å². The molecule has 10 nitrogen and oxygen atoms in total. The number of rotatable bonds is 8. The van der Waals surface area contributed by atoms with Gasteiger partial charge in [-0.1, -0.05) is 19.3 Å². The lowest BCUT2D eigenvalue weighted by molar-refractivity contribution is -0.151. The topological polar surface area (TPSA) is 129 Å². The molecule has 0 unspecified atom stereocenters. The number of likely N-dealkylation sites (tertiary alicyclic amines) is 1. The van der Waals surface area contributed by atoms with Crippen molar-refractivity contribution in [1.82, 2.24) is 4.90 Å². The summed E-state index contributed by atoms with van der Waals surface area (Å²) in [6.45, 7) is 4.13. The molecule has 2 aliphatic rings. The highest BCUT2D eigenvalue weighted by atomic mass is 32.2. The number of methoxy groups -OCH3 is 2. The van der Waals surface area contributed by atoms with Crippen molar-refractivity contribution in [2.24, 2.45) is 0 Å². The summed E-state index contributed by atoms with van der Waals surface area (Å²) in [6.07, 6.45) is 10.5. The van der Waals surface area contributed by atoms with Crippen LogP contribution in [0.4, 0.5) is 5.00 Å². The number of thiophene rings is 1. The Morgan fingerprint density at radius 3 is 2.24 bits per heavy atom. The van der Waals surface area contributed by atoms with E-state index in [1.54, 1.807) is 25.6 Å². The number of allylic oxidation sites excluding steroid dienone is 1. The Kier molecular flexibility index (Phi) is 13.1. The Hall–Kier alpha value is -3.11. The number of esters is 1. The number of anilines is 1. The molecular formula is C30H41N3O7S2. The van der Waals surface area contributed by atoms with Gasteiger partial charge < -0.3 is 19.1 Å². The average Bonchev–Trinajstić information content (AvgIpc) is 3.41. The third-order valence-corrected chi connectivity index (χ3v) is 8.16. The van der Waals surface area contributed by atoms with Crippen LogP contribution in [0.25, 0.3) is 11.6 Å². The standard InChI is InChI=1S/C29H37N3O4S.CH4O3S/c1-34-26-10-8-22(19-27(26)35-2)23(20-30)18-25-9-11-28(37-25)32-16-12-24(13-17-32)36-29(33)21-31-14-6-4-3-5-7-15-31;1-5(2,3)4/h8-11,18-19,24H,3-7,12-17,21H2,1-2H3;1H3,(H,2,3,4)/b23-18+;. The molecule has 2 saturated heterocycles. The van der Waals surface area contributed by atoms with Crippen LogP contribution >= 0.6 is 11.3 Å². The van der Waals surface area contributed by atoms with Crippen LogP contribution in [-0.4, -0.2) is 83.1 Å². The molecule has 0 aliphatic carbocycles. The Morgan fingerprint density at radius 2 is 1.64 bits per heavy atom. The lowest BCUT2D eigenvalue weighted by Crippen LogP contribution is -2.40. The van der Waals surface area contributed by atoms with Crippen LogP contribution in [0.1, 0.15) is 55.4 Å². The second-order valence-electron chi connectivity index (χ2n) is 10.4. The third-order valence-electron chi connectivity index (χ3n) is 7.07. The maximum atomic E-state index is 12.5. The summed E-state index contributed by atoms with van der Waals surface area (Å²) in [5.74, 6) is 1.15. The molecule has 3 heterocycles. The van der Waals surface area contributed by atoms with Crippen molar-refractivity contribution in [2.45, 2.75) is 51.0 Å². The number of nitriles is 1. The highest BCUT2D eigenvalue weighted by Crippen LogP contribution is 2.34. The molecule has 1 aromatic heterocycles.